The van der Waals surface area contributed by atoms with Crippen LogP contribution in [-0.2, 0) is 4.74 Å². The Bertz CT molecular complexity index is 110. The van der Waals surface area contributed by atoms with Crippen molar-refractivity contribution in [1.29, 1.82) is 0 Å². The van der Waals surface area contributed by atoms with Crippen molar-refractivity contribution in [2.75, 3.05) is 14.1 Å². The van der Waals surface area contributed by atoms with E-state index in [0.717, 1.165) is 6.42 Å². The summed E-state index contributed by atoms with van der Waals surface area (Å²) in [7, 11) is 4.05. The number of nitrogens with zero attached hydrogens (tertiary/aromatic N) is 1. The molecule has 68 valence electrons. The molecule has 0 bridgehead atoms. The average molecular weight is 159 g/mol. The van der Waals surface area contributed by atoms with E-state index < -0.39 is 0 Å². The molecule has 0 aromatic rings. The molecular formula is C9H21NO. The lowest BCUT2D eigenvalue weighted by molar-refractivity contribution is -0.119. The fourth-order valence-corrected chi connectivity index (χ4v) is 0.650. The predicted molar refractivity (Wildman–Crippen MR) is 48.6 cm³/mol. The molecule has 0 rings (SSSR count). The summed E-state index contributed by atoms with van der Waals surface area (Å²) in [5, 5.41) is 0. The Hall–Kier alpha value is -0.0800. The molecule has 2 nitrogen and oxygen atoms in total. The fraction of sp³-hybridized carbons (Fsp3) is 1.00. The van der Waals surface area contributed by atoms with Gasteiger partial charge >= 0.3 is 0 Å². The van der Waals surface area contributed by atoms with Gasteiger partial charge in [0.2, 0.25) is 0 Å². The van der Waals surface area contributed by atoms with Crippen LogP contribution >= 0.6 is 0 Å². The first-order valence-electron chi connectivity index (χ1n) is 4.23. The van der Waals surface area contributed by atoms with E-state index >= 15 is 0 Å². The van der Waals surface area contributed by atoms with Crippen LogP contribution in [0.1, 0.15) is 34.1 Å². The smallest absolute Gasteiger partial charge is 0.107 e. The summed E-state index contributed by atoms with van der Waals surface area (Å²) in [6, 6.07) is 0. The van der Waals surface area contributed by atoms with E-state index in [-0.39, 0.29) is 11.8 Å². The molecule has 0 aromatic heterocycles. The van der Waals surface area contributed by atoms with E-state index in [1.54, 1.807) is 0 Å². The highest BCUT2D eigenvalue weighted by atomic mass is 16.5. The first-order valence-corrected chi connectivity index (χ1v) is 4.23. The molecule has 0 N–H and O–H groups in total. The van der Waals surface area contributed by atoms with E-state index in [1.807, 2.05) is 14.1 Å². The largest absolute Gasteiger partial charge is 0.358 e. The van der Waals surface area contributed by atoms with Crippen LogP contribution in [0.3, 0.4) is 0 Å². The molecule has 0 spiro atoms. The molecule has 0 fully saturated rings. The Morgan fingerprint density at radius 1 is 1.36 bits per heavy atom. The summed E-state index contributed by atoms with van der Waals surface area (Å²) in [4.78, 5) is 2.07. The lowest BCUT2D eigenvalue weighted by atomic mass is 10.1. The van der Waals surface area contributed by atoms with Crippen LogP contribution in [0.15, 0.2) is 0 Å². The Morgan fingerprint density at radius 2 is 1.82 bits per heavy atom. The van der Waals surface area contributed by atoms with Crippen LogP contribution in [0.4, 0.5) is 0 Å². The van der Waals surface area contributed by atoms with E-state index in [9.17, 15) is 0 Å². The minimum Gasteiger partial charge on any atom is -0.358 e. The summed E-state index contributed by atoms with van der Waals surface area (Å²) < 4.78 is 5.77. The quantitative estimate of drug-likeness (QED) is 0.582. The lowest BCUT2D eigenvalue weighted by Gasteiger charge is -2.31. The topological polar surface area (TPSA) is 12.5 Å². The van der Waals surface area contributed by atoms with E-state index in [1.165, 1.54) is 0 Å². The zero-order valence-corrected chi connectivity index (χ0v) is 8.64. The van der Waals surface area contributed by atoms with Gasteiger partial charge in [-0.25, -0.2) is 0 Å². The van der Waals surface area contributed by atoms with Crippen molar-refractivity contribution in [3.8, 4) is 0 Å². The van der Waals surface area contributed by atoms with Crippen LogP contribution in [0, 0.1) is 0 Å². The molecule has 0 radical (unpaired) electrons. The van der Waals surface area contributed by atoms with Crippen molar-refractivity contribution in [3.05, 3.63) is 0 Å². The molecule has 11 heavy (non-hydrogen) atoms. The van der Waals surface area contributed by atoms with Gasteiger partial charge in [-0.15, -0.1) is 0 Å². The molecule has 0 aliphatic heterocycles. The molecule has 0 heterocycles. The summed E-state index contributed by atoms with van der Waals surface area (Å²) in [6.45, 7) is 8.44. The molecule has 0 aliphatic carbocycles. The third kappa shape index (κ3) is 4.38. The maximum Gasteiger partial charge on any atom is 0.107 e. The van der Waals surface area contributed by atoms with Gasteiger partial charge in [0.05, 0.1) is 5.60 Å². The van der Waals surface area contributed by atoms with E-state index in [0.29, 0.717) is 0 Å². The first kappa shape index (κ1) is 10.9. The van der Waals surface area contributed by atoms with Crippen LogP contribution in [0.2, 0.25) is 0 Å². The number of hydrogen-bond donors (Lipinski definition) is 0. The summed E-state index contributed by atoms with van der Waals surface area (Å²) >= 11 is 0. The number of rotatable bonds is 4. The minimum atomic E-state index is 0.00366. The highest BCUT2D eigenvalue weighted by molar-refractivity contribution is 4.66. The molecule has 2 heteroatoms. The molecule has 0 saturated carbocycles. The SMILES string of the molecule is CCC(C)(C)OC(C)N(C)C. The Balaban J connectivity index is 3.83. The molecule has 0 aromatic carbocycles. The zero-order valence-electron chi connectivity index (χ0n) is 8.64. The van der Waals surface area contributed by atoms with Crippen molar-refractivity contribution in [3.63, 3.8) is 0 Å². The molecule has 1 atom stereocenters. The van der Waals surface area contributed by atoms with Crippen molar-refractivity contribution in [2.45, 2.75) is 45.9 Å². The van der Waals surface area contributed by atoms with Crippen LogP contribution < -0.4 is 0 Å². The van der Waals surface area contributed by atoms with Crippen molar-refractivity contribution in [2.24, 2.45) is 0 Å². The normalized spacial score (nSPS) is 15.5. The van der Waals surface area contributed by atoms with Crippen molar-refractivity contribution in [1.82, 2.24) is 4.90 Å². The second kappa shape index (κ2) is 4.07. The highest BCUT2D eigenvalue weighted by Gasteiger charge is 2.19. The second-order valence-corrected chi connectivity index (χ2v) is 3.79. The summed E-state index contributed by atoms with van der Waals surface area (Å²) in [6.07, 6.45) is 1.25. The fourth-order valence-electron chi connectivity index (χ4n) is 0.650. The van der Waals surface area contributed by atoms with Crippen LogP contribution in [0.25, 0.3) is 0 Å². The van der Waals surface area contributed by atoms with Gasteiger partial charge in [0.1, 0.15) is 6.23 Å². The van der Waals surface area contributed by atoms with Crippen LogP contribution in [-0.4, -0.2) is 30.8 Å². The van der Waals surface area contributed by atoms with Crippen molar-refractivity contribution >= 4 is 0 Å². The monoisotopic (exact) mass is 159 g/mol. The lowest BCUT2D eigenvalue weighted by Crippen LogP contribution is -2.36. The summed E-state index contributed by atoms with van der Waals surface area (Å²) in [5.74, 6) is 0. The van der Waals surface area contributed by atoms with Gasteiger partial charge in [-0.2, -0.15) is 0 Å². The first-order chi connectivity index (χ1) is 4.89. The number of ether oxygens (including phenoxy) is 1. The highest BCUT2D eigenvalue weighted by Crippen LogP contribution is 2.16. The van der Waals surface area contributed by atoms with Crippen LogP contribution in [0.5, 0.6) is 0 Å². The average Bonchev–Trinajstić information content (AvgIpc) is 1.87. The number of hydrogen-bond acceptors (Lipinski definition) is 2. The van der Waals surface area contributed by atoms with E-state index in [2.05, 4.69) is 32.6 Å². The van der Waals surface area contributed by atoms with Gasteiger partial charge in [0, 0.05) is 0 Å². The van der Waals surface area contributed by atoms with Gasteiger partial charge in [-0.05, 0) is 41.3 Å². The Labute approximate surface area is 70.5 Å². The van der Waals surface area contributed by atoms with E-state index in [4.69, 9.17) is 4.74 Å². The second-order valence-electron chi connectivity index (χ2n) is 3.79. The van der Waals surface area contributed by atoms with Gasteiger partial charge in [0.15, 0.2) is 0 Å². The molecular weight excluding hydrogens is 138 g/mol. The van der Waals surface area contributed by atoms with Gasteiger partial charge < -0.3 is 4.74 Å². The van der Waals surface area contributed by atoms with Gasteiger partial charge in [-0.1, -0.05) is 6.92 Å². The Kier molecular flexibility index (Phi) is 4.04. The van der Waals surface area contributed by atoms with Gasteiger partial charge in [0.25, 0.3) is 0 Å². The Morgan fingerprint density at radius 3 is 2.09 bits per heavy atom. The third-order valence-electron chi connectivity index (χ3n) is 2.07. The molecule has 0 aliphatic rings. The maximum atomic E-state index is 5.77. The standard InChI is InChI=1S/C9H21NO/c1-7-9(3,4)11-8(2)10(5)6/h8H,7H2,1-6H3. The third-order valence-corrected chi connectivity index (χ3v) is 2.07. The van der Waals surface area contributed by atoms with Crippen molar-refractivity contribution < 1.29 is 4.74 Å². The zero-order chi connectivity index (χ0) is 9.07. The molecule has 0 amide bonds. The predicted octanol–water partition coefficient (Wildman–Crippen LogP) is 2.10. The van der Waals surface area contributed by atoms with Gasteiger partial charge in [-0.3, -0.25) is 4.90 Å². The maximum absolute atomic E-state index is 5.77. The molecule has 0 saturated heterocycles. The minimum absolute atomic E-state index is 0.00366. The summed E-state index contributed by atoms with van der Waals surface area (Å²) in [5.41, 5.74) is 0.00366. The molecule has 1 unspecified atom stereocenters.